The molecule has 2 aromatic rings. The van der Waals surface area contributed by atoms with Crippen LogP contribution in [0.5, 0.6) is 0 Å². The Morgan fingerprint density at radius 2 is 2.17 bits per heavy atom. The van der Waals surface area contributed by atoms with Gasteiger partial charge in [-0.15, -0.1) is 11.3 Å². The van der Waals surface area contributed by atoms with E-state index in [1.54, 1.807) is 17.5 Å². The zero-order valence-electron chi connectivity index (χ0n) is 9.59. The van der Waals surface area contributed by atoms with Crippen LogP contribution in [0.15, 0.2) is 35.7 Å². The third-order valence-electron chi connectivity index (χ3n) is 2.33. The Morgan fingerprint density at radius 1 is 1.39 bits per heavy atom. The van der Waals surface area contributed by atoms with Gasteiger partial charge in [-0.1, -0.05) is 18.2 Å². The molecule has 0 fully saturated rings. The molecular formula is C13H11N3OS. The summed E-state index contributed by atoms with van der Waals surface area (Å²) in [4.78, 5) is 15.8. The lowest BCUT2D eigenvalue weighted by atomic mass is 10.2. The summed E-state index contributed by atoms with van der Waals surface area (Å²) < 4.78 is 0. The molecule has 1 heterocycles. The van der Waals surface area contributed by atoms with E-state index in [-0.39, 0.29) is 5.91 Å². The third-order valence-corrected chi connectivity index (χ3v) is 3.24. The summed E-state index contributed by atoms with van der Waals surface area (Å²) in [6, 6.07) is 11.1. The Balaban J connectivity index is 1.82. The summed E-state index contributed by atoms with van der Waals surface area (Å²) in [5.74, 6) is -0.0901. The van der Waals surface area contributed by atoms with Gasteiger partial charge in [0.25, 0.3) is 5.91 Å². The maximum atomic E-state index is 11.7. The largest absolute Gasteiger partial charge is 0.352 e. The summed E-state index contributed by atoms with van der Waals surface area (Å²) in [6.07, 6.45) is 0.644. The van der Waals surface area contributed by atoms with Crippen molar-refractivity contribution in [2.45, 2.75) is 6.42 Å². The minimum atomic E-state index is -0.0901. The molecule has 90 valence electrons. The van der Waals surface area contributed by atoms with Crippen LogP contribution >= 0.6 is 11.3 Å². The first kappa shape index (κ1) is 12.3. The monoisotopic (exact) mass is 257 g/mol. The first-order valence-electron chi connectivity index (χ1n) is 5.47. The van der Waals surface area contributed by atoms with Crippen molar-refractivity contribution < 1.29 is 4.79 Å². The highest BCUT2D eigenvalue weighted by molar-refractivity contribution is 7.09. The van der Waals surface area contributed by atoms with E-state index >= 15 is 0 Å². The number of nitriles is 1. The molecule has 1 aromatic heterocycles. The second-order valence-electron chi connectivity index (χ2n) is 3.61. The molecule has 2 rings (SSSR count). The fourth-order valence-corrected chi connectivity index (χ4v) is 2.18. The molecule has 1 amide bonds. The number of rotatable bonds is 4. The summed E-state index contributed by atoms with van der Waals surface area (Å²) in [7, 11) is 0. The Kier molecular flexibility index (Phi) is 4.05. The predicted octanol–water partition coefficient (Wildman–Crippen LogP) is 1.99. The average Bonchev–Trinajstić information content (AvgIpc) is 2.87. The molecule has 0 radical (unpaired) electrons. The molecule has 0 unspecified atom stereocenters. The molecule has 1 N–H and O–H groups in total. The van der Waals surface area contributed by atoms with Gasteiger partial charge >= 0.3 is 0 Å². The second-order valence-corrected chi connectivity index (χ2v) is 4.55. The number of benzene rings is 1. The number of nitrogens with zero attached hydrogens (tertiary/aromatic N) is 2. The fourth-order valence-electron chi connectivity index (χ4n) is 1.45. The van der Waals surface area contributed by atoms with Gasteiger partial charge in [-0.05, 0) is 12.1 Å². The van der Waals surface area contributed by atoms with Crippen LogP contribution in [0.4, 0.5) is 0 Å². The van der Waals surface area contributed by atoms with Gasteiger partial charge in [0, 0.05) is 23.9 Å². The highest BCUT2D eigenvalue weighted by Crippen LogP contribution is 2.08. The maximum absolute atomic E-state index is 11.7. The summed E-state index contributed by atoms with van der Waals surface area (Å²) >= 11 is 1.44. The van der Waals surface area contributed by atoms with E-state index in [1.807, 2.05) is 24.3 Å². The van der Waals surface area contributed by atoms with Crippen LogP contribution in [0.1, 0.15) is 21.1 Å². The molecule has 0 saturated heterocycles. The highest BCUT2D eigenvalue weighted by atomic mass is 32.1. The van der Waals surface area contributed by atoms with E-state index in [1.165, 1.54) is 11.3 Å². The zero-order chi connectivity index (χ0) is 12.8. The van der Waals surface area contributed by atoms with Crippen LogP contribution in [0, 0.1) is 11.3 Å². The molecule has 0 aliphatic heterocycles. The van der Waals surface area contributed by atoms with E-state index in [4.69, 9.17) is 5.26 Å². The molecule has 0 aliphatic rings. The van der Waals surface area contributed by atoms with E-state index in [9.17, 15) is 4.79 Å². The van der Waals surface area contributed by atoms with Crippen molar-refractivity contribution in [1.82, 2.24) is 10.3 Å². The third kappa shape index (κ3) is 3.15. The van der Waals surface area contributed by atoms with Crippen molar-refractivity contribution in [2.75, 3.05) is 6.54 Å². The lowest BCUT2D eigenvalue weighted by molar-refractivity contribution is 0.0954. The quantitative estimate of drug-likeness (QED) is 0.910. The van der Waals surface area contributed by atoms with Crippen molar-refractivity contribution in [2.24, 2.45) is 0 Å². The van der Waals surface area contributed by atoms with Gasteiger partial charge in [0.2, 0.25) is 0 Å². The number of aromatic nitrogens is 1. The van der Waals surface area contributed by atoms with E-state index in [0.29, 0.717) is 24.2 Å². The lowest BCUT2D eigenvalue weighted by Gasteiger charge is -2.03. The molecular weight excluding hydrogens is 246 g/mol. The van der Waals surface area contributed by atoms with Gasteiger partial charge in [0.05, 0.1) is 5.01 Å². The van der Waals surface area contributed by atoms with Crippen molar-refractivity contribution in [3.05, 3.63) is 52.0 Å². The van der Waals surface area contributed by atoms with Crippen LogP contribution in [0.25, 0.3) is 0 Å². The van der Waals surface area contributed by atoms with E-state index < -0.39 is 0 Å². The Bertz CT molecular complexity index is 571. The molecule has 0 saturated carbocycles. The van der Waals surface area contributed by atoms with Crippen LogP contribution in [0.3, 0.4) is 0 Å². The van der Waals surface area contributed by atoms with Gasteiger partial charge in [-0.25, -0.2) is 4.98 Å². The fraction of sp³-hybridized carbons (Fsp3) is 0.154. The Hall–Kier alpha value is -2.19. The van der Waals surface area contributed by atoms with Gasteiger partial charge in [-0.2, -0.15) is 5.26 Å². The maximum Gasteiger partial charge on any atom is 0.251 e. The first-order valence-corrected chi connectivity index (χ1v) is 6.35. The van der Waals surface area contributed by atoms with Gasteiger partial charge in [0.15, 0.2) is 5.69 Å². The molecule has 0 aliphatic carbocycles. The Morgan fingerprint density at radius 3 is 2.83 bits per heavy atom. The predicted molar refractivity (Wildman–Crippen MR) is 69.3 cm³/mol. The zero-order valence-corrected chi connectivity index (χ0v) is 10.4. The van der Waals surface area contributed by atoms with E-state index in [2.05, 4.69) is 10.3 Å². The normalized spacial score (nSPS) is 9.72. The van der Waals surface area contributed by atoms with Crippen LogP contribution < -0.4 is 5.32 Å². The highest BCUT2D eigenvalue weighted by Gasteiger charge is 2.05. The molecule has 0 atom stereocenters. The van der Waals surface area contributed by atoms with Crippen LogP contribution in [0.2, 0.25) is 0 Å². The first-order chi connectivity index (χ1) is 8.79. The number of thiazole rings is 1. The van der Waals surface area contributed by atoms with Gasteiger partial charge < -0.3 is 5.32 Å². The van der Waals surface area contributed by atoms with Gasteiger partial charge in [-0.3, -0.25) is 4.79 Å². The summed E-state index contributed by atoms with van der Waals surface area (Å²) in [6.45, 7) is 0.520. The second kappa shape index (κ2) is 5.94. The number of nitrogens with one attached hydrogen (secondary N) is 1. The minimum absolute atomic E-state index is 0.0901. The summed E-state index contributed by atoms with van der Waals surface area (Å²) in [5.41, 5.74) is 1.08. The van der Waals surface area contributed by atoms with Crippen molar-refractivity contribution in [1.29, 1.82) is 5.26 Å². The average molecular weight is 257 g/mol. The topological polar surface area (TPSA) is 65.8 Å². The smallest absolute Gasteiger partial charge is 0.251 e. The molecule has 0 bridgehead atoms. The van der Waals surface area contributed by atoms with Crippen molar-refractivity contribution in [3.63, 3.8) is 0 Å². The number of hydrogen-bond acceptors (Lipinski definition) is 4. The van der Waals surface area contributed by atoms with Crippen molar-refractivity contribution >= 4 is 17.2 Å². The van der Waals surface area contributed by atoms with Crippen LogP contribution in [-0.4, -0.2) is 17.4 Å². The van der Waals surface area contributed by atoms with Gasteiger partial charge in [0.1, 0.15) is 6.07 Å². The minimum Gasteiger partial charge on any atom is -0.352 e. The molecule has 4 nitrogen and oxygen atoms in total. The number of carbonyl (C=O) groups is 1. The molecule has 5 heteroatoms. The standard InChI is InChI=1S/C13H11N3OS/c14-8-11-9-18-12(16-11)6-7-15-13(17)10-4-2-1-3-5-10/h1-5,9H,6-7H2,(H,15,17). The number of carbonyl (C=O) groups excluding carboxylic acids is 1. The molecule has 0 spiro atoms. The van der Waals surface area contributed by atoms with Crippen LogP contribution in [-0.2, 0) is 6.42 Å². The summed E-state index contributed by atoms with van der Waals surface area (Å²) in [5, 5.41) is 14.0. The number of amides is 1. The van der Waals surface area contributed by atoms with E-state index in [0.717, 1.165) is 5.01 Å². The lowest BCUT2D eigenvalue weighted by Crippen LogP contribution is -2.25. The molecule has 1 aromatic carbocycles. The number of hydrogen-bond donors (Lipinski definition) is 1. The Labute approximate surface area is 109 Å². The van der Waals surface area contributed by atoms with Crippen molar-refractivity contribution in [3.8, 4) is 6.07 Å². The molecule has 18 heavy (non-hydrogen) atoms. The SMILES string of the molecule is N#Cc1csc(CCNC(=O)c2ccccc2)n1.